The first-order valence-corrected chi connectivity index (χ1v) is 9.37. The number of rotatable bonds is 6. The van der Waals surface area contributed by atoms with E-state index in [4.69, 9.17) is 0 Å². The van der Waals surface area contributed by atoms with Crippen LogP contribution < -0.4 is 5.32 Å². The minimum absolute atomic E-state index is 0.170. The van der Waals surface area contributed by atoms with Crippen LogP contribution in [0.4, 0.5) is 18.9 Å². The minimum Gasteiger partial charge on any atom is -0.358 e. The molecule has 0 saturated carbocycles. The van der Waals surface area contributed by atoms with E-state index in [0.717, 1.165) is 22.7 Å². The molecule has 0 aliphatic rings. The van der Waals surface area contributed by atoms with Crippen molar-refractivity contribution in [3.05, 3.63) is 65.4 Å². The third-order valence-electron chi connectivity index (χ3n) is 5.08. The Balaban J connectivity index is 1.73. The molecule has 8 heteroatoms. The van der Waals surface area contributed by atoms with Gasteiger partial charge in [0.1, 0.15) is 0 Å². The number of carbonyl (C=O) groups excluding carboxylic acids is 2. The largest absolute Gasteiger partial charge is 0.418 e. The molecule has 30 heavy (non-hydrogen) atoms. The summed E-state index contributed by atoms with van der Waals surface area (Å²) in [6.07, 6.45) is -4.58. The number of Topliss-reactive ketones (excluding diaryl/α,β-unsaturated/α-hetero) is 1. The molecule has 1 amide bonds. The Kier molecular flexibility index (Phi) is 5.98. The quantitative estimate of drug-likeness (QED) is 0.575. The van der Waals surface area contributed by atoms with Crippen LogP contribution in [0.2, 0.25) is 0 Å². The number of anilines is 1. The van der Waals surface area contributed by atoms with Gasteiger partial charge < -0.3 is 10.3 Å². The lowest BCUT2D eigenvalue weighted by atomic mass is 10.0. The number of hydrogen-bond acceptors (Lipinski definition) is 3. The molecule has 0 aliphatic heterocycles. The van der Waals surface area contributed by atoms with Gasteiger partial charge in [-0.05, 0) is 39.1 Å². The zero-order chi connectivity index (χ0) is 22.1. The number of nitrogens with zero attached hydrogens (tertiary/aromatic N) is 1. The maximum atomic E-state index is 13.1. The molecule has 0 saturated heterocycles. The van der Waals surface area contributed by atoms with E-state index in [-0.39, 0.29) is 18.0 Å². The fourth-order valence-electron chi connectivity index (χ4n) is 3.40. The SMILES string of the molecule is Cc1[nH]c2ccccc2c1C(=O)[C@@H](C)N(C)CC(=O)Nc1ccccc1C(F)(F)F. The molecule has 0 radical (unpaired) electrons. The van der Waals surface area contributed by atoms with E-state index in [2.05, 4.69) is 10.3 Å². The summed E-state index contributed by atoms with van der Waals surface area (Å²) in [5.41, 5.74) is 0.891. The molecule has 1 aromatic heterocycles. The molecule has 1 atom stereocenters. The molecular weight excluding hydrogens is 395 g/mol. The standard InChI is InChI=1S/C22H22F3N3O2/c1-13-20(15-8-4-6-10-17(15)26-13)21(30)14(2)28(3)12-19(29)27-18-11-7-5-9-16(18)22(23,24)25/h4-11,14,26H,12H2,1-3H3,(H,27,29)/t14-/m1/s1. The van der Waals surface area contributed by atoms with Crippen LogP contribution in [-0.4, -0.2) is 41.2 Å². The van der Waals surface area contributed by atoms with E-state index in [1.165, 1.54) is 23.1 Å². The lowest BCUT2D eigenvalue weighted by Crippen LogP contribution is -2.41. The van der Waals surface area contributed by atoms with E-state index >= 15 is 0 Å². The van der Waals surface area contributed by atoms with E-state index in [9.17, 15) is 22.8 Å². The molecule has 2 N–H and O–H groups in total. The second kappa shape index (κ2) is 8.31. The molecule has 0 unspecified atom stereocenters. The van der Waals surface area contributed by atoms with Crippen LogP contribution in [0.5, 0.6) is 0 Å². The highest BCUT2D eigenvalue weighted by Gasteiger charge is 2.34. The average molecular weight is 417 g/mol. The van der Waals surface area contributed by atoms with Crippen LogP contribution in [-0.2, 0) is 11.0 Å². The number of H-pyrrole nitrogens is 1. The summed E-state index contributed by atoms with van der Waals surface area (Å²) >= 11 is 0. The van der Waals surface area contributed by atoms with Crippen LogP contribution in [0.25, 0.3) is 10.9 Å². The number of nitrogens with one attached hydrogen (secondary N) is 2. The van der Waals surface area contributed by atoms with Gasteiger partial charge in [0, 0.05) is 22.2 Å². The van der Waals surface area contributed by atoms with Crippen molar-refractivity contribution in [1.82, 2.24) is 9.88 Å². The fourth-order valence-corrected chi connectivity index (χ4v) is 3.40. The van der Waals surface area contributed by atoms with Crippen molar-refractivity contribution in [3.63, 3.8) is 0 Å². The monoisotopic (exact) mass is 417 g/mol. The summed E-state index contributed by atoms with van der Waals surface area (Å²) in [5, 5.41) is 3.09. The normalized spacial score (nSPS) is 12.9. The van der Waals surface area contributed by atoms with Gasteiger partial charge in [0.15, 0.2) is 5.78 Å². The summed E-state index contributed by atoms with van der Waals surface area (Å²) in [4.78, 5) is 30.1. The summed E-state index contributed by atoms with van der Waals surface area (Å²) in [6, 6.07) is 11.6. The molecule has 0 spiro atoms. The summed E-state index contributed by atoms with van der Waals surface area (Å²) in [5.74, 6) is -0.805. The zero-order valence-electron chi connectivity index (χ0n) is 16.8. The highest BCUT2D eigenvalue weighted by molar-refractivity contribution is 6.11. The van der Waals surface area contributed by atoms with Crippen molar-refractivity contribution in [3.8, 4) is 0 Å². The first-order chi connectivity index (χ1) is 14.1. The third-order valence-corrected chi connectivity index (χ3v) is 5.08. The van der Waals surface area contributed by atoms with Crippen LogP contribution >= 0.6 is 0 Å². The summed E-state index contributed by atoms with van der Waals surface area (Å²) < 4.78 is 39.3. The van der Waals surface area contributed by atoms with Gasteiger partial charge in [-0.3, -0.25) is 14.5 Å². The Bertz CT molecular complexity index is 1090. The Hall–Kier alpha value is -3.13. The van der Waals surface area contributed by atoms with Gasteiger partial charge in [0.25, 0.3) is 0 Å². The first kappa shape index (κ1) is 21.6. The predicted octanol–water partition coefficient (Wildman–Crippen LogP) is 4.64. The Morgan fingerprint density at radius 2 is 1.73 bits per heavy atom. The first-order valence-electron chi connectivity index (χ1n) is 9.37. The number of halogens is 3. The topological polar surface area (TPSA) is 65.2 Å². The van der Waals surface area contributed by atoms with E-state index in [1.54, 1.807) is 20.9 Å². The van der Waals surface area contributed by atoms with Gasteiger partial charge in [0.05, 0.1) is 23.8 Å². The fraction of sp³-hybridized carbons (Fsp3) is 0.273. The van der Waals surface area contributed by atoms with Gasteiger partial charge in [-0.2, -0.15) is 13.2 Å². The molecule has 3 aromatic rings. The maximum Gasteiger partial charge on any atom is 0.418 e. The van der Waals surface area contributed by atoms with Crippen molar-refractivity contribution < 1.29 is 22.8 Å². The van der Waals surface area contributed by atoms with E-state index in [0.29, 0.717) is 5.56 Å². The van der Waals surface area contributed by atoms with Gasteiger partial charge in [-0.15, -0.1) is 0 Å². The zero-order valence-corrected chi connectivity index (χ0v) is 16.8. The van der Waals surface area contributed by atoms with E-state index < -0.39 is 23.7 Å². The number of para-hydroxylation sites is 2. The predicted molar refractivity (Wildman–Crippen MR) is 110 cm³/mol. The van der Waals surface area contributed by atoms with Gasteiger partial charge in [-0.25, -0.2) is 0 Å². The smallest absolute Gasteiger partial charge is 0.358 e. The van der Waals surface area contributed by atoms with Crippen molar-refractivity contribution >= 4 is 28.3 Å². The molecule has 0 aliphatic carbocycles. The molecule has 0 bridgehead atoms. The number of aromatic nitrogens is 1. The van der Waals surface area contributed by atoms with Crippen molar-refractivity contribution in [2.24, 2.45) is 0 Å². The molecule has 5 nitrogen and oxygen atoms in total. The van der Waals surface area contributed by atoms with Crippen molar-refractivity contribution in [2.75, 3.05) is 18.9 Å². The summed E-state index contributed by atoms with van der Waals surface area (Å²) in [7, 11) is 1.59. The molecule has 3 rings (SSSR count). The third kappa shape index (κ3) is 4.38. The van der Waals surface area contributed by atoms with Crippen molar-refractivity contribution in [2.45, 2.75) is 26.1 Å². The second-order valence-electron chi connectivity index (χ2n) is 7.22. The number of benzene rings is 2. The molecule has 158 valence electrons. The van der Waals surface area contributed by atoms with Crippen molar-refractivity contribution in [1.29, 1.82) is 0 Å². The molecule has 0 fully saturated rings. The number of ketones is 1. The van der Waals surface area contributed by atoms with Gasteiger partial charge in [0.2, 0.25) is 5.91 Å². The number of aryl methyl sites for hydroxylation is 1. The number of likely N-dealkylation sites (N-methyl/N-ethyl adjacent to an activating group) is 1. The van der Waals surface area contributed by atoms with Gasteiger partial charge >= 0.3 is 6.18 Å². The van der Waals surface area contributed by atoms with Crippen LogP contribution in [0.1, 0.15) is 28.5 Å². The Morgan fingerprint density at radius 1 is 1.10 bits per heavy atom. The number of aromatic amines is 1. The average Bonchev–Trinajstić information content (AvgIpc) is 3.01. The lowest BCUT2D eigenvalue weighted by molar-refractivity contribution is -0.137. The number of amides is 1. The maximum absolute atomic E-state index is 13.1. The molecule has 1 heterocycles. The van der Waals surface area contributed by atoms with Gasteiger partial charge in [-0.1, -0.05) is 30.3 Å². The van der Waals surface area contributed by atoms with Crippen LogP contribution in [0.15, 0.2) is 48.5 Å². The number of hydrogen-bond donors (Lipinski definition) is 2. The number of fused-ring (bicyclic) bond motifs is 1. The number of alkyl halides is 3. The molecule has 2 aromatic carbocycles. The lowest BCUT2D eigenvalue weighted by Gasteiger charge is -2.23. The Morgan fingerprint density at radius 3 is 2.43 bits per heavy atom. The highest BCUT2D eigenvalue weighted by Crippen LogP contribution is 2.34. The minimum atomic E-state index is -4.58. The molecular formula is C22H22F3N3O2. The van der Waals surface area contributed by atoms with E-state index in [1.807, 2.05) is 24.3 Å². The summed E-state index contributed by atoms with van der Waals surface area (Å²) in [6.45, 7) is 3.24. The highest BCUT2D eigenvalue weighted by atomic mass is 19.4. The Labute approximate surface area is 171 Å². The number of carbonyl (C=O) groups is 2. The van der Waals surface area contributed by atoms with Crippen LogP contribution in [0.3, 0.4) is 0 Å². The second-order valence-corrected chi connectivity index (χ2v) is 7.22. The van der Waals surface area contributed by atoms with Crippen LogP contribution in [0, 0.1) is 6.92 Å².